The lowest BCUT2D eigenvalue weighted by atomic mass is 10.2. The largest absolute Gasteiger partial charge is 0.314 e. The molecule has 15 heavy (non-hydrogen) atoms. The molecule has 1 aliphatic rings. The minimum Gasteiger partial charge on any atom is -0.314 e. The van der Waals surface area contributed by atoms with E-state index in [0.29, 0.717) is 19.1 Å². The van der Waals surface area contributed by atoms with Crippen LogP contribution in [0.4, 0.5) is 0 Å². The van der Waals surface area contributed by atoms with Gasteiger partial charge in [0.1, 0.15) is 0 Å². The first-order chi connectivity index (χ1) is 7.06. The van der Waals surface area contributed by atoms with Gasteiger partial charge in [0.2, 0.25) is 0 Å². The Morgan fingerprint density at radius 3 is 2.80 bits per heavy atom. The Balaban J connectivity index is 2.23. The molecule has 1 atom stereocenters. The zero-order valence-electron chi connectivity index (χ0n) is 9.49. The van der Waals surface area contributed by atoms with Crippen molar-refractivity contribution in [2.45, 2.75) is 32.2 Å². The Bertz CT molecular complexity index is 273. The normalized spacial score (nSPS) is 22.5. The van der Waals surface area contributed by atoms with E-state index < -0.39 is 10.2 Å². The Kier molecular flexibility index (Phi) is 4.98. The molecule has 0 aromatic rings. The zero-order chi connectivity index (χ0) is 11.3. The highest BCUT2D eigenvalue weighted by molar-refractivity contribution is 7.87. The summed E-state index contributed by atoms with van der Waals surface area (Å²) in [7, 11) is -1.67. The Labute approximate surface area is 92.4 Å². The van der Waals surface area contributed by atoms with E-state index in [9.17, 15) is 8.42 Å². The highest BCUT2D eigenvalue weighted by Gasteiger charge is 2.17. The molecule has 0 saturated carbocycles. The van der Waals surface area contributed by atoms with Gasteiger partial charge < -0.3 is 5.32 Å². The van der Waals surface area contributed by atoms with Crippen LogP contribution in [0.1, 0.15) is 26.2 Å². The quantitative estimate of drug-likeness (QED) is 0.676. The molecule has 0 aromatic heterocycles. The fourth-order valence-electron chi connectivity index (χ4n) is 1.65. The highest BCUT2D eigenvalue weighted by Crippen LogP contribution is 2.07. The number of nitrogens with one attached hydrogen (secondary N) is 2. The minimum atomic E-state index is -3.25. The third-order valence-electron chi connectivity index (χ3n) is 2.80. The number of hydrogen-bond donors (Lipinski definition) is 2. The number of nitrogens with zero attached hydrogens (tertiary/aromatic N) is 1. The topological polar surface area (TPSA) is 61.4 Å². The summed E-state index contributed by atoms with van der Waals surface area (Å²) in [5, 5.41) is 3.34. The summed E-state index contributed by atoms with van der Waals surface area (Å²) in [5.74, 6) is 0. The van der Waals surface area contributed by atoms with E-state index in [-0.39, 0.29) is 0 Å². The maximum atomic E-state index is 11.5. The van der Waals surface area contributed by atoms with E-state index in [1.165, 1.54) is 10.7 Å². The van der Waals surface area contributed by atoms with Crippen molar-refractivity contribution in [3.05, 3.63) is 0 Å². The molecule has 1 heterocycles. The van der Waals surface area contributed by atoms with Crippen molar-refractivity contribution in [2.75, 3.05) is 26.7 Å². The van der Waals surface area contributed by atoms with Gasteiger partial charge in [0.25, 0.3) is 10.2 Å². The van der Waals surface area contributed by atoms with E-state index in [4.69, 9.17) is 0 Å². The van der Waals surface area contributed by atoms with Crippen LogP contribution in [-0.4, -0.2) is 45.4 Å². The first kappa shape index (κ1) is 12.9. The lowest BCUT2D eigenvalue weighted by molar-refractivity contribution is 0.467. The third-order valence-corrected chi connectivity index (χ3v) is 4.44. The molecule has 0 bridgehead atoms. The molecule has 1 aliphatic heterocycles. The van der Waals surface area contributed by atoms with Gasteiger partial charge in [-0.25, -0.2) is 4.72 Å². The summed E-state index contributed by atoms with van der Waals surface area (Å²) >= 11 is 0. The van der Waals surface area contributed by atoms with Gasteiger partial charge in [-0.15, -0.1) is 0 Å². The summed E-state index contributed by atoms with van der Waals surface area (Å²) in [6.07, 6.45) is 3.23. The van der Waals surface area contributed by atoms with Crippen molar-refractivity contribution in [1.29, 1.82) is 0 Å². The van der Waals surface area contributed by atoms with Crippen molar-refractivity contribution in [2.24, 2.45) is 0 Å². The van der Waals surface area contributed by atoms with Gasteiger partial charge in [0.05, 0.1) is 0 Å². The lowest BCUT2D eigenvalue weighted by Gasteiger charge is -2.16. The van der Waals surface area contributed by atoms with Gasteiger partial charge in [0.15, 0.2) is 0 Å². The van der Waals surface area contributed by atoms with Crippen LogP contribution in [0, 0.1) is 0 Å². The summed E-state index contributed by atoms with van der Waals surface area (Å²) in [6.45, 7) is 3.89. The fourth-order valence-corrected chi connectivity index (χ4v) is 2.58. The van der Waals surface area contributed by atoms with Gasteiger partial charge in [-0.05, 0) is 25.8 Å². The van der Waals surface area contributed by atoms with E-state index in [1.54, 1.807) is 7.05 Å². The molecule has 0 aromatic carbocycles. The van der Waals surface area contributed by atoms with E-state index in [2.05, 4.69) is 10.0 Å². The summed E-state index contributed by atoms with van der Waals surface area (Å²) in [6, 6.07) is 0.486. The minimum absolute atomic E-state index is 0.486. The lowest BCUT2D eigenvalue weighted by Crippen LogP contribution is -2.39. The average Bonchev–Trinajstić information content (AvgIpc) is 2.69. The molecule has 0 spiro atoms. The monoisotopic (exact) mass is 235 g/mol. The van der Waals surface area contributed by atoms with Crippen LogP contribution in [0.3, 0.4) is 0 Å². The van der Waals surface area contributed by atoms with E-state index >= 15 is 0 Å². The predicted molar refractivity (Wildman–Crippen MR) is 60.9 cm³/mol. The van der Waals surface area contributed by atoms with Gasteiger partial charge in [-0.2, -0.15) is 12.7 Å². The number of hydrogen-bond acceptors (Lipinski definition) is 3. The van der Waals surface area contributed by atoms with E-state index in [0.717, 1.165) is 19.4 Å². The van der Waals surface area contributed by atoms with Crippen LogP contribution in [0.5, 0.6) is 0 Å². The second-order valence-corrected chi connectivity index (χ2v) is 5.76. The van der Waals surface area contributed by atoms with Crippen molar-refractivity contribution in [3.8, 4) is 0 Å². The van der Waals surface area contributed by atoms with E-state index in [1.807, 2.05) is 6.92 Å². The van der Waals surface area contributed by atoms with Crippen LogP contribution in [0.2, 0.25) is 0 Å². The van der Waals surface area contributed by atoms with Crippen LogP contribution < -0.4 is 10.0 Å². The van der Waals surface area contributed by atoms with Crippen molar-refractivity contribution < 1.29 is 8.42 Å². The van der Waals surface area contributed by atoms with Gasteiger partial charge in [0, 0.05) is 26.2 Å². The van der Waals surface area contributed by atoms with Crippen molar-refractivity contribution >= 4 is 10.2 Å². The van der Waals surface area contributed by atoms with Crippen LogP contribution in [0.25, 0.3) is 0 Å². The Morgan fingerprint density at radius 2 is 2.27 bits per heavy atom. The Morgan fingerprint density at radius 1 is 1.53 bits per heavy atom. The second kappa shape index (κ2) is 5.79. The molecule has 90 valence electrons. The van der Waals surface area contributed by atoms with Crippen LogP contribution in [0.15, 0.2) is 0 Å². The molecule has 0 amide bonds. The summed E-state index contributed by atoms with van der Waals surface area (Å²) < 4.78 is 27.0. The molecule has 2 N–H and O–H groups in total. The molecular formula is C9H21N3O2S. The predicted octanol–water partition coefficient (Wildman–Crippen LogP) is -0.0854. The molecule has 5 nitrogen and oxygen atoms in total. The standard InChI is InChI=1S/C9H21N3O2S/c1-3-12(2)15(13,14)11-8-6-9-5-4-7-10-9/h9-11H,3-8H2,1-2H3/t9-/m1/s1. The van der Waals surface area contributed by atoms with Crippen LogP contribution >= 0.6 is 0 Å². The molecule has 1 fully saturated rings. The molecule has 1 rings (SSSR count). The molecule has 0 unspecified atom stereocenters. The fraction of sp³-hybridized carbons (Fsp3) is 1.00. The molecule has 0 aliphatic carbocycles. The molecular weight excluding hydrogens is 214 g/mol. The second-order valence-electron chi connectivity index (χ2n) is 3.90. The maximum absolute atomic E-state index is 11.5. The maximum Gasteiger partial charge on any atom is 0.279 e. The summed E-state index contributed by atoms with van der Waals surface area (Å²) in [4.78, 5) is 0. The third kappa shape index (κ3) is 4.06. The van der Waals surface area contributed by atoms with Crippen LogP contribution in [-0.2, 0) is 10.2 Å². The van der Waals surface area contributed by atoms with Gasteiger partial charge >= 0.3 is 0 Å². The Hall–Kier alpha value is -0.170. The average molecular weight is 235 g/mol. The molecule has 6 heteroatoms. The highest BCUT2D eigenvalue weighted by atomic mass is 32.2. The zero-order valence-corrected chi connectivity index (χ0v) is 10.3. The smallest absolute Gasteiger partial charge is 0.279 e. The van der Waals surface area contributed by atoms with Crippen molar-refractivity contribution in [1.82, 2.24) is 14.3 Å². The summed E-state index contributed by atoms with van der Waals surface area (Å²) in [5.41, 5.74) is 0. The first-order valence-electron chi connectivity index (χ1n) is 5.50. The van der Waals surface area contributed by atoms with Gasteiger partial charge in [-0.3, -0.25) is 0 Å². The van der Waals surface area contributed by atoms with Crippen molar-refractivity contribution in [3.63, 3.8) is 0 Å². The van der Waals surface area contributed by atoms with Gasteiger partial charge in [-0.1, -0.05) is 6.92 Å². The number of rotatable bonds is 6. The first-order valence-corrected chi connectivity index (χ1v) is 6.94. The molecule has 0 radical (unpaired) electrons. The SMILES string of the molecule is CCN(C)S(=O)(=O)NCC[C@H]1CCCN1. The molecule has 1 saturated heterocycles.